The fraction of sp³-hybridized carbons (Fsp3) is 0.458. The number of carbonyl (C=O) groups excluding carboxylic acids is 1. The van der Waals surface area contributed by atoms with Gasteiger partial charge in [-0.25, -0.2) is 8.42 Å². The number of methoxy groups -OCH3 is 1. The van der Waals surface area contributed by atoms with Gasteiger partial charge in [-0.05, 0) is 67.8 Å². The molecule has 0 aliphatic heterocycles. The first-order valence-corrected chi connectivity index (χ1v) is 13.0. The normalized spacial score (nSPS) is 14.6. The van der Waals surface area contributed by atoms with Gasteiger partial charge in [-0.3, -0.25) is 9.10 Å². The zero-order valence-corrected chi connectivity index (χ0v) is 20.4. The van der Waals surface area contributed by atoms with Crippen molar-refractivity contribution in [1.29, 1.82) is 0 Å². The van der Waals surface area contributed by atoms with Gasteiger partial charge in [0.15, 0.2) is 0 Å². The number of ether oxygens (including phenoxy) is 2. The highest BCUT2D eigenvalue weighted by Gasteiger charge is 2.27. The third-order valence-electron chi connectivity index (χ3n) is 5.60. The third kappa shape index (κ3) is 7.35. The van der Waals surface area contributed by atoms with Crippen molar-refractivity contribution in [3.05, 3.63) is 53.6 Å². The van der Waals surface area contributed by atoms with Crippen LogP contribution in [0.15, 0.2) is 53.4 Å². The summed E-state index contributed by atoms with van der Waals surface area (Å²) in [5.41, 5.74) is 0.353. The molecule has 1 aliphatic carbocycles. The smallest absolute Gasteiger partial charge is 0.264 e. The van der Waals surface area contributed by atoms with E-state index in [1.807, 2.05) is 0 Å². The fourth-order valence-electron chi connectivity index (χ4n) is 3.77. The van der Waals surface area contributed by atoms with Crippen LogP contribution < -0.4 is 14.4 Å². The minimum absolute atomic E-state index is 0.0620. The molecule has 1 N–H and O–H groups in total. The van der Waals surface area contributed by atoms with Crippen LogP contribution in [0.1, 0.15) is 38.5 Å². The van der Waals surface area contributed by atoms with Crippen LogP contribution in [0.25, 0.3) is 0 Å². The number of halogens is 1. The molecular weight excluding hydrogens is 464 g/mol. The van der Waals surface area contributed by atoms with Crippen LogP contribution in [0.4, 0.5) is 5.69 Å². The SMILES string of the molecule is COc1ccc(S(=O)(=O)N(CC(=O)NCCCOC2CCCCC2)c2ccc(Cl)cc2)cc1. The van der Waals surface area contributed by atoms with Gasteiger partial charge in [0.25, 0.3) is 10.0 Å². The monoisotopic (exact) mass is 494 g/mol. The molecule has 0 aromatic heterocycles. The summed E-state index contributed by atoms with van der Waals surface area (Å²) in [5, 5.41) is 3.28. The van der Waals surface area contributed by atoms with E-state index in [1.54, 1.807) is 36.4 Å². The minimum Gasteiger partial charge on any atom is -0.497 e. The van der Waals surface area contributed by atoms with E-state index in [-0.39, 0.29) is 17.3 Å². The van der Waals surface area contributed by atoms with Crippen molar-refractivity contribution < 1.29 is 22.7 Å². The number of sulfonamides is 1. The number of hydrogen-bond acceptors (Lipinski definition) is 5. The molecule has 3 rings (SSSR count). The number of rotatable bonds is 11. The van der Waals surface area contributed by atoms with Gasteiger partial charge in [0.1, 0.15) is 12.3 Å². The lowest BCUT2D eigenvalue weighted by atomic mass is 9.98. The van der Waals surface area contributed by atoms with Crippen molar-refractivity contribution in [2.75, 3.05) is 31.1 Å². The number of nitrogens with zero attached hydrogens (tertiary/aromatic N) is 1. The molecule has 1 aliphatic rings. The highest BCUT2D eigenvalue weighted by Crippen LogP contribution is 2.26. The molecular formula is C24H31ClN2O5S. The summed E-state index contributed by atoms with van der Waals surface area (Å²) in [7, 11) is -2.48. The molecule has 2 aromatic rings. The number of carbonyl (C=O) groups is 1. The number of anilines is 1. The van der Waals surface area contributed by atoms with E-state index in [0.717, 1.165) is 17.1 Å². The Morgan fingerprint density at radius 2 is 1.73 bits per heavy atom. The average molecular weight is 495 g/mol. The zero-order chi connectivity index (χ0) is 23.7. The highest BCUT2D eigenvalue weighted by atomic mass is 35.5. The largest absolute Gasteiger partial charge is 0.497 e. The Morgan fingerprint density at radius 1 is 1.06 bits per heavy atom. The lowest BCUT2D eigenvalue weighted by Crippen LogP contribution is -2.41. The molecule has 0 spiro atoms. The number of nitrogens with one attached hydrogen (secondary N) is 1. The number of benzene rings is 2. The number of hydrogen-bond donors (Lipinski definition) is 1. The molecule has 0 unspecified atom stereocenters. The van der Waals surface area contributed by atoms with E-state index in [0.29, 0.717) is 42.1 Å². The Kier molecular flexibility index (Phi) is 9.41. The molecule has 0 bridgehead atoms. The topological polar surface area (TPSA) is 84.9 Å². The second-order valence-electron chi connectivity index (χ2n) is 8.00. The lowest BCUT2D eigenvalue weighted by molar-refractivity contribution is -0.119. The maximum atomic E-state index is 13.4. The van der Waals surface area contributed by atoms with Crippen molar-refractivity contribution >= 4 is 33.2 Å². The van der Waals surface area contributed by atoms with Crippen LogP contribution in [0.2, 0.25) is 5.02 Å². The predicted octanol–water partition coefficient (Wildman–Crippen LogP) is 4.40. The van der Waals surface area contributed by atoms with Crippen molar-refractivity contribution in [3.63, 3.8) is 0 Å². The summed E-state index contributed by atoms with van der Waals surface area (Å²) < 4.78 is 38.8. The molecule has 1 amide bonds. The van der Waals surface area contributed by atoms with Gasteiger partial charge in [0.05, 0.1) is 23.8 Å². The molecule has 180 valence electrons. The van der Waals surface area contributed by atoms with Gasteiger partial charge in [-0.2, -0.15) is 0 Å². The Morgan fingerprint density at radius 3 is 2.36 bits per heavy atom. The Hall–Kier alpha value is -2.29. The lowest BCUT2D eigenvalue weighted by Gasteiger charge is -2.24. The van der Waals surface area contributed by atoms with E-state index in [9.17, 15) is 13.2 Å². The van der Waals surface area contributed by atoms with Gasteiger partial charge in [-0.1, -0.05) is 30.9 Å². The van der Waals surface area contributed by atoms with E-state index in [4.69, 9.17) is 21.1 Å². The molecule has 0 saturated heterocycles. The zero-order valence-electron chi connectivity index (χ0n) is 18.8. The fourth-order valence-corrected chi connectivity index (χ4v) is 5.31. The summed E-state index contributed by atoms with van der Waals surface area (Å²) in [6.07, 6.45) is 6.91. The van der Waals surface area contributed by atoms with E-state index < -0.39 is 10.0 Å². The van der Waals surface area contributed by atoms with Gasteiger partial charge >= 0.3 is 0 Å². The molecule has 1 fully saturated rings. The van der Waals surface area contributed by atoms with Gasteiger partial charge < -0.3 is 14.8 Å². The van der Waals surface area contributed by atoms with Crippen LogP contribution in [-0.4, -0.2) is 47.2 Å². The molecule has 0 heterocycles. The molecule has 0 radical (unpaired) electrons. The second kappa shape index (κ2) is 12.3. The maximum Gasteiger partial charge on any atom is 0.264 e. The maximum absolute atomic E-state index is 13.4. The predicted molar refractivity (Wildman–Crippen MR) is 129 cm³/mol. The average Bonchev–Trinajstić information content (AvgIpc) is 2.83. The highest BCUT2D eigenvalue weighted by molar-refractivity contribution is 7.92. The molecule has 33 heavy (non-hydrogen) atoms. The molecule has 9 heteroatoms. The Balaban J connectivity index is 1.62. The first-order valence-electron chi connectivity index (χ1n) is 11.2. The van der Waals surface area contributed by atoms with Gasteiger partial charge in [0.2, 0.25) is 5.91 Å². The van der Waals surface area contributed by atoms with Crippen molar-refractivity contribution in [1.82, 2.24) is 5.32 Å². The first-order chi connectivity index (χ1) is 15.9. The van der Waals surface area contributed by atoms with Crippen molar-refractivity contribution in [2.45, 2.75) is 49.5 Å². The summed E-state index contributed by atoms with van der Waals surface area (Å²) in [4.78, 5) is 12.7. The second-order valence-corrected chi connectivity index (χ2v) is 10.3. The van der Waals surface area contributed by atoms with E-state index in [2.05, 4.69) is 5.32 Å². The first kappa shape index (κ1) is 25.3. The summed E-state index contributed by atoms with van der Waals surface area (Å²) >= 11 is 5.97. The standard InChI is InChI=1S/C24H31ClN2O5S/c1-31-21-12-14-23(15-13-21)33(29,30)27(20-10-8-19(25)9-11-20)18-24(28)26-16-5-17-32-22-6-3-2-4-7-22/h8-15,22H,2-7,16-18H2,1H3,(H,26,28). The molecule has 1 saturated carbocycles. The van der Waals surface area contributed by atoms with Crippen LogP contribution >= 0.6 is 11.6 Å². The van der Waals surface area contributed by atoms with Crippen LogP contribution in [0.5, 0.6) is 5.75 Å². The molecule has 7 nitrogen and oxygen atoms in total. The van der Waals surface area contributed by atoms with Crippen LogP contribution in [-0.2, 0) is 19.6 Å². The molecule has 2 aromatic carbocycles. The van der Waals surface area contributed by atoms with E-state index in [1.165, 1.54) is 38.5 Å². The van der Waals surface area contributed by atoms with Gasteiger partial charge in [0, 0.05) is 18.2 Å². The number of amides is 1. The van der Waals surface area contributed by atoms with Crippen molar-refractivity contribution in [3.8, 4) is 5.75 Å². The quantitative estimate of drug-likeness (QED) is 0.468. The van der Waals surface area contributed by atoms with E-state index >= 15 is 0 Å². The third-order valence-corrected chi connectivity index (χ3v) is 7.64. The summed E-state index contributed by atoms with van der Waals surface area (Å²) in [6.45, 7) is 0.651. The summed E-state index contributed by atoms with van der Waals surface area (Å²) in [5.74, 6) is 0.153. The van der Waals surface area contributed by atoms with Crippen LogP contribution in [0.3, 0.4) is 0 Å². The Labute approximate surface area is 201 Å². The molecule has 0 atom stereocenters. The Bertz CT molecular complexity index is 991. The van der Waals surface area contributed by atoms with Crippen LogP contribution in [0, 0.1) is 0 Å². The van der Waals surface area contributed by atoms with Crippen molar-refractivity contribution in [2.24, 2.45) is 0 Å². The minimum atomic E-state index is -3.99. The summed E-state index contributed by atoms with van der Waals surface area (Å²) in [6, 6.07) is 12.4. The van der Waals surface area contributed by atoms with Gasteiger partial charge in [-0.15, -0.1) is 0 Å².